The number of benzene rings is 2. The van der Waals surface area contributed by atoms with Crippen LogP contribution in [0.3, 0.4) is 0 Å². The first-order chi connectivity index (χ1) is 8.71. The van der Waals surface area contributed by atoms with Crippen molar-refractivity contribution < 1.29 is 9.90 Å². The van der Waals surface area contributed by atoms with Crippen LogP contribution in [-0.4, -0.2) is 11.1 Å². The van der Waals surface area contributed by atoms with Crippen molar-refractivity contribution in [2.75, 3.05) is 0 Å². The Morgan fingerprint density at radius 1 is 0.889 bits per heavy atom. The van der Waals surface area contributed by atoms with E-state index in [1.165, 1.54) is 0 Å². The fourth-order valence-corrected chi connectivity index (χ4v) is 1.92. The van der Waals surface area contributed by atoms with Crippen LogP contribution in [-0.2, 0) is 10.3 Å². The third-order valence-electron chi connectivity index (χ3n) is 2.83. The van der Waals surface area contributed by atoms with Crippen LogP contribution in [0.2, 0.25) is 0 Å². The fourth-order valence-electron chi connectivity index (χ4n) is 1.92. The maximum Gasteiger partial charge on any atom is 0.344 e. The molecular formula is C14H11NO3. The van der Waals surface area contributed by atoms with Crippen molar-refractivity contribution in [2.45, 2.75) is 5.54 Å². The number of hydrogen-bond acceptors (Lipinski definition) is 3. The first kappa shape index (κ1) is 12.0. The van der Waals surface area contributed by atoms with E-state index in [0.29, 0.717) is 11.1 Å². The Balaban J connectivity index is 2.69. The minimum Gasteiger partial charge on any atom is -0.479 e. The summed E-state index contributed by atoms with van der Waals surface area (Å²) < 4.78 is 0. The smallest absolute Gasteiger partial charge is 0.344 e. The molecule has 0 saturated carbocycles. The van der Waals surface area contributed by atoms with Crippen LogP contribution < -0.4 is 0 Å². The Bertz CT molecular complexity index is 512. The molecular weight excluding hydrogens is 230 g/mol. The number of carbonyl (C=O) groups is 1. The average molecular weight is 241 g/mol. The predicted octanol–water partition coefficient (Wildman–Crippen LogP) is 2.78. The van der Waals surface area contributed by atoms with Gasteiger partial charge in [0, 0.05) is 0 Å². The minimum atomic E-state index is -1.89. The lowest BCUT2D eigenvalue weighted by Gasteiger charge is -2.22. The third kappa shape index (κ3) is 1.78. The highest BCUT2D eigenvalue weighted by Gasteiger charge is 2.44. The summed E-state index contributed by atoms with van der Waals surface area (Å²) in [4.78, 5) is 22.8. The molecule has 0 unspecified atom stereocenters. The fraction of sp³-hybridized carbons (Fsp3) is 0.0714. The lowest BCUT2D eigenvalue weighted by molar-refractivity contribution is -0.141. The Hall–Kier alpha value is -2.49. The van der Waals surface area contributed by atoms with Crippen LogP contribution in [0.25, 0.3) is 0 Å². The van der Waals surface area contributed by atoms with E-state index in [2.05, 4.69) is 5.18 Å². The van der Waals surface area contributed by atoms with Crippen molar-refractivity contribution in [1.29, 1.82) is 0 Å². The summed E-state index contributed by atoms with van der Waals surface area (Å²) in [7, 11) is 0. The Kier molecular flexibility index (Phi) is 3.19. The number of carboxylic acids is 1. The summed E-state index contributed by atoms with van der Waals surface area (Å²) in [5.74, 6) is -1.28. The van der Waals surface area contributed by atoms with Gasteiger partial charge in [-0.15, -0.1) is 4.91 Å². The van der Waals surface area contributed by atoms with Gasteiger partial charge in [-0.1, -0.05) is 60.7 Å². The number of nitroso groups, excluding NO2 is 1. The molecule has 0 spiro atoms. The van der Waals surface area contributed by atoms with Crippen molar-refractivity contribution in [3.63, 3.8) is 0 Å². The molecule has 2 rings (SSSR count). The Morgan fingerprint density at radius 2 is 1.28 bits per heavy atom. The van der Waals surface area contributed by atoms with Crippen molar-refractivity contribution in [3.8, 4) is 0 Å². The molecule has 4 heteroatoms. The van der Waals surface area contributed by atoms with Crippen molar-refractivity contribution >= 4 is 5.97 Å². The second-order valence-corrected chi connectivity index (χ2v) is 3.84. The van der Waals surface area contributed by atoms with E-state index in [-0.39, 0.29) is 0 Å². The lowest BCUT2D eigenvalue weighted by atomic mass is 9.84. The van der Waals surface area contributed by atoms with E-state index in [9.17, 15) is 14.8 Å². The SMILES string of the molecule is O=NC(C(=O)O)(c1ccccc1)c1ccccc1. The van der Waals surface area contributed by atoms with Crippen LogP contribution >= 0.6 is 0 Å². The number of aliphatic carboxylic acids is 1. The van der Waals surface area contributed by atoms with Gasteiger partial charge in [-0.3, -0.25) is 0 Å². The molecule has 0 radical (unpaired) electrons. The molecule has 0 aliphatic carbocycles. The second-order valence-electron chi connectivity index (χ2n) is 3.84. The quantitative estimate of drug-likeness (QED) is 0.837. The van der Waals surface area contributed by atoms with Gasteiger partial charge >= 0.3 is 5.97 Å². The molecule has 90 valence electrons. The normalized spacial score (nSPS) is 10.9. The topological polar surface area (TPSA) is 66.7 Å². The molecule has 2 aromatic carbocycles. The highest BCUT2D eigenvalue weighted by Crippen LogP contribution is 2.33. The minimum absolute atomic E-state index is 0.346. The van der Waals surface area contributed by atoms with E-state index >= 15 is 0 Å². The largest absolute Gasteiger partial charge is 0.479 e. The van der Waals surface area contributed by atoms with E-state index in [0.717, 1.165) is 0 Å². The number of hydrogen-bond donors (Lipinski definition) is 1. The molecule has 0 aliphatic rings. The van der Waals surface area contributed by atoms with Gasteiger partial charge < -0.3 is 5.11 Å². The molecule has 4 nitrogen and oxygen atoms in total. The van der Waals surface area contributed by atoms with E-state index in [1.807, 2.05) is 0 Å². The average Bonchev–Trinajstić information content (AvgIpc) is 2.42. The standard InChI is InChI=1S/C14H11NO3/c16-13(17)14(15-18,11-7-3-1-4-8-11)12-9-5-2-6-10-12/h1-10H,(H,16,17). The van der Waals surface area contributed by atoms with Crippen LogP contribution in [0.4, 0.5) is 0 Å². The zero-order chi connectivity index (χ0) is 13.0. The summed E-state index contributed by atoms with van der Waals surface area (Å²) in [6, 6.07) is 16.6. The zero-order valence-corrected chi connectivity index (χ0v) is 9.48. The zero-order valence-electron chi connectivity index (χ0n) is 9.48. The third-order valence-corrected chi connectivity index (χ3v) is 2.83. The van der Waals surface area contributed by atoms with Crippen molar-refractivity contribution in [1.82, 2.24) is 0 Å². The van der Waals surface area contributed by atoms with Gasteiger partial charge in [0.25, 0.3) is 0 Å². The number of carboxylic acid groups (broad SMARTS) is 1. The van der Waals surface area contributed by atoms with Gasteiger partial charge in [-0.2, -0.15) is 0 Å². The molecule has 0 bridgehead atoms. The van der Waals surface area contributed by atoms with E-state index in [4.69, 9.17) is 0 Å². The summed E-state index contributed by atoms with van der Waals surface area (Å²) in [5, 5.41) is 12.3. The Labute approximate surface area is 104 Å². The van der Waals surface area contributed by atoms with E-state index in [1.54, 1.807) is 60.7 Å². The molecule has 0 aromatic heterocycles. The first-order valence-electron chi connectivity index (χ1n) is 5.41. The van der Waals surface area contributed by atoms with Crippen molar-refractivity contribution in [2.24, 2.45) is 5.18 Å². The highest BCUT2D eigenvalue weighted by molar-refractivity contribution is 5.85. The summed E-state index contributed by atoms with van der Waals surface area (Å²) in [6.07, 6.45) is 0. The van der Waals surface area contributed by atoms with Crippen LogP contribution in [0.15, 0.2) is 65.8 Å². The Morgan fingerprint density at radius 3 is 1.56 bits per heavy atom. The maximum atomic E-state index is 11.6. The van der Waals surface area contributed by atoms with Crippen LogP contribution in [0, 0.1) is 4.91 Å². The van der Waals surface area contributed by atoms with Gasteiger partial charge in [0.05, 0.1) is 0 Å². The second kappa shape index (κ2) is 4.79. The maximum absolute atomic E-state index is 11.6. The van der Waals surface area contributed by atoms with Crippen LogP contribution in [0.1, 0.15) is 11.1 Å². The molecule has 0 aliphatic heterocycles. The molecule has 0 atom stereocenters. The van der Waals surface area contributed by atoms with Gasteiger partial charge in [0.2, 0.25) is 5.54 Å². The molecule has 0 amide bonds. The monoisotopic (exact) mass is 241 g/mol. The summed E-state index contributed by atoms with van der Waals surface area (Å²) in [6.45, 7) is 0. The van der Waals surface area contributed by atoms with Crippen LogP contribution in [0.5, 0.6) is 0 Å². The van der Waals surface area contributed by atoms with Gasteiger partial charge in [0.15, 0.2) is 0 Å². The predicted molar refractivity (Wildman–Crippen MR) is 67.1 cm³/mol. The number of rotatable bonds is 4. The number of nitrogens with zero attached hydrogens (tertiary/aromatic N) is 1. The molecule has 18 heavy (non-hydrogen) atoms. The molecule has 0 heterocycles. The first-order valence-corrected chi connectivity index (χ1v) is 5.41. The van der Waals surface area contributed by atoms with E-state index < -0.39 is 11.5 Å². The summed E-state index contributed by atoms with van der Waals surface area (Å²) >= 11 is 0. The van der Waals surface area contributed by atoms with Gasteiger partial charge in [-0.05, 0) is 16.3 Å². The molecule has 0 fully saturated rings. The van der Waals surface area contributed by atoms with Crippen molar-refractivity contribution in [3.05, 3.63) is 76.7 Å². The molecule has 1 N–H and O–H groups in total. The summed E-state index contributed by atoms with van der Waals surface area (Å²) in [5.41, 5.74) is -1.19. The molecule has 0 saturated heterocycles. The highest BCUT2D eigenvalue weighted by atomic mass is 16.4. The molecule has 2 aromatic rings. The van der Waals surface area contributed by atoms with Gasteiger partial charge in [-0.25, -0.2) is 4.79 Å². The van der Waals surface area contributed by atoms with Gasteiger partial charge in [0.1, 0.15) is 0 Å². The lowest BCUT2D eigenvalue weighted by Crippen LogP contribution is -2.34.